The molecule has 2 nitrogen and oxygen atoms in total. The van der Waals surface area contributed by atoms with Gasteiger partial charge in [0.2, 0.25) is 0 Å². The van der Waals surface area contributed by atoms with Crippen molar-refractivity contribution in [1.82, 2.24) is 5.06 Å². The molecule has 2 heteroatoms. The first kappa shape index (κ1) is 9.96. The van der Waals surface area contributed by atoms with Crippen molar-refractivity contribution in [3.05, 3.63) is 42.0 Å². The molecule has 0 aromatic heterocycles. The van der Waals surface area contributed by atoms with E-state index < -0.39 is 0 Å². The molecular weight excluding hydrogens is 162 g/mol. The fourth-order valence-corrected chi connectivity index (χ4v) is 0.954. The van der Waals surface area contributed by atoms with Gasteiger partial charge in [-0.2, -0.15) is 5.06 Å². The van der Waals surface area contributed by atoms with E-state index in [1.54, 1.807) is 5.06 Å². The molecule has 0 radical (unpaired) electrons. The highest BCUT2D eigenvalue weighted by atomic mass is 16.7. The van der Waals surface area contributed by atoms with Crippen molar-refractivity contribution in [3.8, 4) is 0 Å². The van der Waals surface area contributed by atoms with E-state index in [-0.39, 0.29) is 0 Å². The zero-order chi connectivity index (χ0) is 9.68. The second kappa shape index (κ2) is 4.80. The van der Waals surface area contributed by atoms with Crippen LogP contribution >= 0.6 is 0 Å². The molecule has 0 N–H and O–H groups in total. The maximum Gasteiger partial charge on any atom is 0.0935 e. The Morgan fingerprint density at radius 3 is 2.38 bits per heavy atom. The molecule has 0 unspecified atom stereocenters. The number of hydrogen-bond acceptors (Lipinski definition) is 2. The quantitative estimate of drug-likeness (QED) is 0.654. The molecule has 70 valence electrons. The van der Waals surface area contributed by atoms with Crippen molar-refractivity contribution < 1.29 is 4.84 Å². The number of hydroxylamine groups is 2. The molecule has 13 heavy (non-hydrogen) atoms. The van der Waals surface area contributed by atoms with Gasteiger partial charge in [-0.1, -0.05) is 36.9 Å². The third-order valence-electron chi connectivity index (χ3n) is 1.70. The largest absolute Gasteiger partial charge is 0.295 e. The van der Waals surface area contributed by atoms with Crippen LogP contribution in [0.15, 0.2) is 30.8 Å². The normalized spacial score (nSPS) is 10.4. The highest BCUT2D eigenvalue weighted by molar-refractivity contribution is 5.47. The molecule has 0 aliphatic rings. The maximum atomic E-state index is 5.31. The summed E-state index contributed by atoms with van der Waals surface area (Å²) in [6.07, 6.45) is 1.83. The minimum atomic E-state index is 0.615. The zero-order valence-electron chi connectivity index (χ0n) is 8.16. The van der Waals surface area contributed by atoms with Crippen LogP contribution in [0, 0.1) is 0 Å². The molecule has 0 amide bonds. The maximum absolute atomic E-state index is 5.31. The third-order valence-corrected chi connectivity index (χ3v) is 1.70. The average Bonchev–Trinajstić information content (AvgIpc) is 2.15. The summed E-state index contributed by atoms with van der Waals surface area (Å²) in [4.78, 5) is 5.31. The summed E-state index contributed by atoms with van der Waals surface area (Å²) in [6.45, 7) is 4.31. The molecule has 0 aliphatic carbocycles. The van der Waals surface area contributed by atoms with Crippen LogP contribution in [0.4, 0.5) is 0 Å². The van der Waals surface area contributed by atoms with E-state index >= 15 is 0 Å². The van der Waals surface area contributed by atoms with E-state index in [1.165, 1.54) is 5.56 Å². The van der Waals surface area contributed by atoms with Gasteiger partial charge in [-0.05, 0) is 11.1 Å². The summed E-state index contributed by atoms with van der Waals surface area (Å²) < 4.78 is 0. The van der Waals surface area contributed by atoms with E-state index in [1.807, 2.05) is 44.4 Å². The summed E-state index contributed by atoms with van der Waals surface area (Å²) >= 11 is 0. The first-order chi connectivity index (χ1) is 6.22. The summed E-state index contributed by atoms with van der Waals surface area (Å²) in [7, 11) is 3.75. The Bertz CT molecular complexity index is 264. The van der Waals surface area contributed by atoms with E-state index in [2.05, 4.69) is 6.58 Å². The summed E-state index contributed by atoms with van der Waals surface area (Å²) in [6, 6.07) is 8.14. The van der Waals surface area contributed by atoms with Crippen LogP contribution in [0.2, 0.25) is 0 Å². The molecule has 0 spiro atoms. The van der Waals surface area contributed by atoms with Gasteiger partial charge in [-0.3, -0.25) is 4.84 Å². The topological polar surface area (TPSA) is 12.5 Å². The van der Waals surface area contributed by atoms with Gasteiger partial charge in [0, 0.05) is 14.1 Å². The van der Waals surface area contributed by atoms with Crippen molar-refractivity contribution in [2.24, 2.45) is 0 Å². The molecule has 0 fully saturated rings. The first-order valence-corrected chi connectivity index (χ1v) is 4.24. The number of benzene rings is 1. The van der Waals surface area contributed by atoms with E-state index in [0.29, 0.717) is 6.61 Å². The van der Waals surface area contributed by atoms with Crippen molar-refractivity contribution in [2.45, 2.75) is 6.61 Å². The summed E-state index contributed by atoms with van der Waals surface area (Å²) in [5, 5.41) is 1.70. The fraction of sp³-hybridized carbons (Fsp3) is 0.273. The molecule has 1 aromatic rings. The van der Waals surface area contributed by atoms with Crippen LogP contribution < -0.4 is 0 Å². The summed E-state index contributed by atoms with van der Waals surface area (Å²) in [5.74, 6) is 0. The third kappa shape index (κ3) is 3.40. The molecular formula is C11H15NO. The van der Waals surface area contributed by atoms with Gasteiger partial charge in [-0.15, -0.1) is 0 Å². The Morgan fingerprint density at radius 2 is 1.92 bits per heavy atom. The minimum Gasteiger partial charge on any atom is -0.295 e. The van der Waals surface area contributed by atoms with Gasteiger partial charge in [0.15, 0.2) is 0 Å². The second-order valence-electron chi connectivity index (χ2n) is 3.03. The molecule has 1 rings (SSSR count). The Labute approximate surface area is 79.4 Å². The van der Waals surface area contributed by atoms with Crippen molar-refractivity contribution in [3.63, 3.8) is 0 Å². The van der Waals surface area contributed by atoms with Crippen molar-refractivity contribution in [1.29, 1.82) is 0 Å². The van der Waals surface area contributed by atoms with Crippen molar-refractivity contribution in [2.75, 3.05) is 14.1 Å². The molecule has 0 heterocycles. The van der Waals surface area contributed by atoms with E-state index in [9.17, 15) is 0 Å². The van der Waals surface area contributed by atoms with E-state index in [4.69, 9.17) is 4.84 Å². The predicted octanol–water partition coefficient (Wildman–Crippen LogP) is 2.32. The predicted molar refractivity (Wildman–Crippen MR) is 55.0 cm³/mol. The average molecular weight is 177 g/mol. The van der Waals surface area contributed by atoms with Gasteiger partial charge in [-0.25, -0.2) is 0 Å². The molecule has 1 aromatic carbocycles. The highest BCUT2D eigenvalue weighted by Crippen LogP contribution is 2.06. The highest BCUT2D eigenvalue weighted by Gasteiger charge is 1.94. The Kier molecular flexibility index (Phi) is 3.68. The van der Waals surface area contributed by atoms with E-state index in [0.717, 1.165) is 5.56 Å². The fourth-order valence-electron chi connectivity index (χ4n) is 0.954. The van der Waals surface area contributed by atoms with Gasteiger partial charge in [0.05, 0.1) is 6.61 Å². The molecule has 0 aliphatic heterocycles. The lowest BCUT2D eigenvalue weighted by Gasteiger charge is -2.09. The SMILES string of the molecule is C=Cc1ccc(CON(C)C)cc1. The number of rotatable bonds is 4. The van der Waals surface area contributed by atoms with Crippen LogP contribution in [0.5, 0.6) is 0 Å². The van der Waals surface area contributed by atoms with Crippen LogP contribution in [0.25, 0.3) is 6.08 Å². The number of nitrogens with zero attached hydrogens (tertiary/aromatic N) is 1. The van der Waals surface area contributed by atoms with Crippen LogP contribution in [0.3, 0.4) is 0 Å². The van der Waals surface area contributed by atoms with Gasteiger partial charge >= 0.3 is 0 Å². The lowest BCUT2D eigenvalue weighted by molar-refractivity contribution is -0.130. The smallest absolute Gasteiger partial charge is 0.0935 e. The monoisotopic (exact) mass is 177 g/mol. The lowest BCUT2D eigenvalue weighted by atomic mass is 10.1. The number of hydrogen-bond donors (Lipinski definition) is 0. The zero-order valence-corrected chi connectivity index (χ0v) is 8.16. The Morgan fingerprint density at radius 1 is 1.31 bits per heavy atom. The molecule has 0 bridgehead atoms. The molecule has 0 atom stereocenters. The van der Waals surface area contributed by atoms with Crippen molar-refractivity contribution >= 4 is 6.08 Å². The van der Waals surface area contributed by atoms with Crippen LogP contribution in [-0.2, 0) is 11.4 Å². The van der Waals surface area contributed by atoms with Gasteiger partial charge in [0.1, 0.15) is 0 Å². The molecule has 0 saturated heterocycles. The van der Waals surface area contributed by atoms with Crippen LogP contribution in [-0.4, -0.2) is 19.2 Å². The minimum absolute atomic E-state index is 0.615. The van der Waals surface area contributed by atoms with Gasteiger partial charge < -0.3 is 0 Å². The van der Waals surface area contributed by atoms with Gasteiger partial charge in [0.25, 0.3) is 0 Å². The lowest BCUT2D eigenvalue weighted by Crippen LogP contribution is -2.11. The standard InChI is InChI=1S/C11H15NO/c1-4-10-5-7-11(8-6-10)9-13-12(2)3/h4-8H,1,9H2,2-3H3. The van der Waals surface area contributed by atoms with Crippen LogP contribution in [0.1, 0.15) is 11.1 Å². The molecule has 0 saturated carbocycles. The Hall–Kier alpha value is -1.12. The first-order valence-electron chi connectivity index (χ1n) is 4.24. The second-order valence-corrected chi connectivity index (χ2v) is 3.03. The Balaban J connectivity index is 2.54. The summed E-state index contributed by atoms with van der Waals surface area (Å²) in [5.41, 5.74) is 2.30.